The summed E-state index contributed by atoms with van der Waals surface area (Å²) in [5.74, 6) is -0.962. The van der Waals surface area contributed by atoms with Crippen molar-refractivity contribution in [2.45, 2.75) is 19.3 Å². The molecule has 0 saturated heterocycles. The highest BCUT2D eigenvalue weighted by Crippen LogP contribution is 2.27. The number of nitro benzene ring substituents is 1. The summed E-state index contributed by atoms with van der Waals surface area (Å²) in [6.07, 6.45) is 6.03. The number of hydrogen-bond donors (Lipinski definition) is 1. The van der Waals surface area contributed by atoms with Gasteiger partial charge in [-0.05, 0) is 30.9 Å². The van der Waals surface area contributed by atoms with Crippen LogP contribution in [0.3, 0.4) is 0 Å². The minimum Gasteiger partial charge on any atom is -0.456 e. The van der Waals surface area contributed by atoms with Gasteiger partial charge in [-0.2, -0.15) is 0 Å². The van der Waals surface area contributed by atoms with Gasteiger partial charge in [0.2, 0.25) is 0 Å². The average Bonchev–Trinajstić information content (AvgIpc) is 2.99. The lowest BCUT2D eigenvalue weighted by atomic mass is 10.1. The van der Waals surface area contributed by atoms with Crippen LogP contribution in [0.1, 0.15) is 19.3 Å². The number of anilines is 1. The maximum atomic E-state index is 11.8. The quantitative estimate of drug-likeness (QED) is 0.372. The molecule has 0 fully saturated rings. The number of nitrogens with one attached hydrogen (secondary N) is 1. The van der Waals surface area contributed by atoms with E-state index in [1.807, 2.05) is 12.2 Å². The first kappa shape index (κ1) is 17.0. The lowest BCUT2D eigenvalue weighted by Gasteiger charge is -2.09. The van der Waals surface area contributed by atoms with E-state index in [1.54, 1.807) is 0 Å². The SMILES string of the molecule is O=C(COC(=O)C[C@H]1C=CCC1)Nc1ccc(Cl)cc1[N+](=O)[O-]. The number of carbonyl (C=O) groups excluding carboxylic acids is 2. The molecule has 0 heterocycles. The molecular weight excluding hydrogens is 324 g/mol. The lowest BCUT2D eigenvalue weighted by Crippen LogP contribution is -2.22. The molecule has 1 aliphatic carbocycles. The molecule has 2 rings (SSSR count). The predicted octanol–water partition coefficient (Wildman–Crippen LogP) is 3.09. The highest BCUT2D eigenvalue weighted by molar-refractivity contribution is 6.31. The lowest BCUT2D eigenvalue weighted by molar-refractivity contribution is -0.383. The van der Waals surface area contributed by atoms with Gasteiger partial charge in [0, 0.05) is 11.1 Å². The maximum absolute atomic E-state index is 11.8. The fraction of sp³-hybridized carbons (Fsp3) is 0.333. The Balaban J connectivity index is 1.86. The summed E-state index contributed by atoms with van der Waals surface area (Å²) in [6, 6.07) is 3.88. The molecule has 0 aromatic heterocycles. The van der Waals surface area contributed by atoms with E-state index in [0.717, 1.165) is 18.9 Å². The number of halogens is 1. The van der Waals surface area contributed by atoms with Crippen LogP contribution in [0.2, 0.25) is 5.02 Å². The van der Waals surface area contributed by atoms with E-state index < -0.39 is 23.4 Å². The summed E-state index contributed by atoms with van der Waals surface area (Å²) in [5.41, 5.74) is -0.326. The van der Waals surface area contributed by atoms with E-state index >= 15 is 0 Å². The zero-order valence-electron chi connectivity index (χ0n) is 12.2. The van der Waals surface area contributed by atoms with Crippen LogP contribution in [-0.2, 0) is 14.3 Å². The summed E-state index contributed by atoms with van der Waals surface area (Å²) < 4.78 is 4.88. The van der Waals surface area contributed by atoms with Crippen LogP contribution >= 0.6 is 11.6 Å². The number of amides is 1. The van der Waals surface area contributed by atoms with Gasteiger partial charge < -0.3 is 10.1 Å². The Morgan fingerprint density at radius 3 is 2.87 bits per heavy atom. The van der Waals surface area contributed by atoms with Crippen molar-refractivity contribution in [2.24, 2.45) is 5.92 Å². The molecule has 0 unspecified atom stereocenters. The van der Waals surface area contributed by atoms with E-state index in [9.17, 15) is 19.7 Å². The van der Waals surface area contributed by atoms with Crippen LogP contribution in [0.4, 0.5) is 11.4 Å². The summed E-state index contributed by atoms with van der Waals surface area (Å²) >= 11 is 5.69. The van der Waals surface area contributed by atoms with Gasteiger partial charge in [-0.15, -0.1) is 0 Å². The Kier molecular flexibility index (Phi) is 5.70. The average molecular weight is 339 g/mol. The molecule has 23 heavy (non-hydrogen) atoms. The van der Waals surface area contributed by atoms with Crippen LogP contribution in [0.15, 0.2) is 30.4 Å². The van der Waals surface area contributed by atoms with Crippen LogP contribution in [0, 0.1) is 16.0 Å². The van der Waals surface area contributed by atoms with Gasteiger partial charge in [0.1, 0.15) is 5.69 Å². The highest BCUT2D eigenvalue weighted by atomic mass is 35.5. The number of rotatable bonds is 6. The molecular formula is C15H15ClN2O5. The van der Waals surface area contributed by atoms with Crippen molar-refractivity contribution in [1.29, 1.82) is 0 Å². The van der Waals surface area contributed by atoms with E-state index in [1.165, 1.54) is 12.1 Å². The number of esters is 1. The molecule has 0 bridgehead atoms. The molecule has 1 aliphatic rings. The molecule has 1 N–H and O–H groups in total. The summed E-state index contributed by atoms with van der Waals surface area (Å²) in [4.78, 5) is 33.6. The third-order valence-electron chi connectivity index (χ3n) is 3.34. The Hall–Kier alpha value is -2.41. The molecule has 122 valence electrons. The molecule has 7 nitrogen and oxygen atoms in total. The molecule has 0 spiro atoms. The first-order chi connectivity index (χ1) is 11.0. The molecule has 0 aliphatic heterocycles. The van der Waals surface area contributed by atoms with Crippen LogP contribution < -0.4 is 5.32 Å². The summed E-state index contributed by atoms with van der Waals surface area (Å²) in [5, 5.41) is 13.4. The first-order valence-corrected chi connectivity index (χ1v) is 7.39. The van der Waals surface area contributed by atoms with Gasteiger partial charge in [-0.25, -0.2) is 0 Å². The number of nitrogens with zero attached hydrogens (tertiary/aromatic N) is 1. The second-order valence-electron chi connectivity index (χ2n) is 5.10. The minimum atomic E-state index is -0.653. The molecule has 0 saturated carbocycles. The zero-order valence-corrected chi connectivity index (χ0v) is 12.9. The largest absolute Gasteiger partial charge is 0.456 e. The van der Waals surface area contributed by atoms with Gasteiger partial charge in [0.25, 0.3) is 11.6 Å². The highest BCUT2D eigenvalue weighted by Gasteiger charge is 2.19. The second kappa shape index (κ2) is 7.73. The van der Waals surface area contributed by atoms with E-state index in [0.29, 0.717) is 0 Å². The van der Waals surface area contributed by atoms with E-state index in [-0.39, 0.29) is 28.7 Å². The molecule has 1 atom stereocenters. The normalized spacial score (nSPS) is 16.1. The summed E-state index contributed by atoms with van der Waals surface area (Å²) in [6.45, 7) is -0.491. The Morgan fingerprint density at radius 1 is 1.43 bits per heavy atom. The molecule has 1 aromatic rings. The zero-order chi connectivity index (χ0) is 16.8. The minimum absolute atomic E-state index is 0.000764. The maximum Gasteiger partial charge on any atom is 0.306 e. The monoisotopic (exact) mass is 338 g/mol. The van der Waals surface area contributed by atoms with Crippen molar-refractivity contribution in [2.75, 3.05) is 11.9 Å². The Bertz CT molecular complexity index is 659. The molecule has 1 amide bonds. The van der Waals surface area contributed by atoms with Gasteiger partial charge in [0.15, 0.2) is 6.61 Å². The number of hydrogen-bond acceptors (Lipinski definition) is 5. The van der Waals surface area contributed by atoms with Crippen molar-refractivity contribution in [3.05, 3.63) is 45.5 Å². The van der Waals surface area contributed by atoms with Crippen LogP contribution in [-0.4, -0.2) is 23.4 Å². The van der Waals surface area contributed by atoms with Crippen LogP contribution in [0.5, 0.6) is 0 Å². The molecule has 0 radical (unpaired) electrons. The number of carbonyl (C=O) groups is 2. The number of allylic oxidation sites excluding steroid dienone is 2. The van der Waals surface area contributed by atoms with Crippen molar-refractivity contribution in [1.82, 2.24) is 0 Å². The third kappa shape index (κ3) is 5.07. The standard InChI is InChI=1S/C15H15ClN2O5/c16-11-5-6-12(13(8-11)18(21)22)17-14(19)9-23-15(20)7-10-3-1-2-4-10/h1,3,5-6,8,10H,2,4,7,9H2,(H,17,19)/t10-/m0/s1. The van der Waals surface area contributed by atoms with Crippen molar-refractivity contribution >= 4 is 34.9 Å². The van der Waals surface area contributed by atoms with Crippen LogP contribution in [0.25, 0.3) is 0 Å². The summed E-state index contributed by atoms with van der Waals surface area (Å²) in [7, 11) is 0. The Morgan fingerprint density at radius 2 is 2.22 bits per heavy atom. The van der Waals surface area contributed by atoms with E-state index in [2.05, 4.69) is 5.32 Å². The van der Waals surface area contributed by atoms with Crippen molar-refractivity contribution < 1.29 is 19.2 Å². The number of benzene rings is 1. The van der Waals surface area contributed by atoms with Gasteiger partial charge >= 0.3 is 5.97 Å². The smallest absolute Gasteiger partial charge is 0.306 e. The number of nitro groups is 1. The van der Waals surface area contributed by atoms with E-state index in [4.69, 9.17) is 16.3 Å². The van der Waals surface area contributed by atoms with Crippen molar-refractivity contribution in [3.63, 3.8) is 0 Å². The second-order valence-corrected chi connectivity index (χ2v) is 5.53. The van der Waals surface area contributed by atoms with Gasteiger partial charge in [-0.1, -0.05) is 23.8 Å². The van der Waals surface area contributed by atoms with Gasteiger partial charge in [-0.3, -0.25) is 19.7 Å². The molecule has 1 aromatic carbocycles. The number of ether oxygens (including phenoxy) is 1. The van der Waals surface area contributed by atoms with Gasteiger partial charge in [0.05, 0.1) is 11.3 Å². The predicted molar refractivity (Wildman–Crippen MR) is 84.2 cm³/mol. The molecule has 8 heteroatoms. The first-order valence-electron chi connectivity index (χ1n) is 7.02. The third-order valence-corrected chi connectivity index (χ3v) is 3.57. The fourth-order valence-corrected chi connectivity index (χ4v) is 2.40. The topological polar surface area (TPSA) is 98.5 Å². The fourth-order valence-electron chi connectivity index (χ4n) is 2.23. The van der Waals surface area contributed by atoms with Crippen molar-refractivity contribution in [3.8, 4) is 0 Å². The Labute approximate surface area is 137 Å².